The molecule has 1 atom stereocenters. The molecule has 5 nitrogen and oxygen atoms in total. The van der Waals surface area contributed by atoms with Crippen LogP contribution in [0.4, 0.5) is 0 Å². The van der Waals surface area contributed by atoms with Crippen LogP contribution in [0.5, 0.6) is 0 Å². The van der Waals surface area contributed by atoms with E-state index in [9.17, 15) is 0 Å². The zero-order valence-corrected chi connectivity index (χ0v) is 13.7. The van der Waals surface area contributed by atoms with Crippen molar-refractivity contribution >= 4 is 0 Å². The van der Waals surface area contributed by atoms with E-state index in [-0.39, 0.29) is 0 Å². The van der Waals surface area contributed by atoms with Gasteiger partial charge >= 0.3 is 0 Å². The van der Waals surface area contributed by atoms with Gasteiger partial charge in [0.1, 0.15) is 5.76 Å². The summed E-state index contributed by atoms with van der Waals surface area (Å²) in [5, 5.41) is 11.0. The molecule has 0 bridgehead atoms. The number of hydrogen-bond acceptors (Lipinski definition) is 5. The van der Waals surface area contributed by atoms with E-state index in [0.29, 0.717) is 12.6 Å². The summed E-state index contributed by atoms with van der Waals surface area (Å²) < 4.78 is 5.19. The van der Waals surface area contributed by atoms with Gasteiger partial charge in [-0.1, -0.05) is 25.4 Å². The zero-order valence-electron chi connectivity index (χ0n) is 13.7. The number of nitrogens with zero attached hydrogens (tertiary/aromatic N) is 1. The molecule has 1 aromatic heterocycles. The van der Waals surface area contributed by atoms with Crippen LogP contribution >= 0.6 is 0 Å². The van der Waals surface area contributed by atoms with Crippen LogP contribution in [0.15, 0.2) is 10.6 Å². The van der Waals surface area contributed by atoms with Crippen LogP contribution in [0.3, 0.4) is 0 Å². The Morgan fingerprint density at radius 1 is 1.24 bits per heavy atom. The molecule has 0 aliphatic carbocycles. The molecule has 0 aliphatic heterocycles. The second-order valence-corrected chi connectivity index (χ2v) is 5.54. The fourth-order valence-corrected chi connectivity index (χ4v) is 2.40. The number of hydrogen-bond donors (Lipinski definition) is 3. The summed E-state index contributed by atoms with van der Waals surface area (Å²) in [7, 11) is 0. The molecular weight excluding hydrogens is 264 g/mol. The van der Waals surface area contributed by atoms with Gasteiger partial charge in [0.05, 0.1) is 5.69 Å². The van der Waals surface area contributed by atoms with Crippen LogP contribution in [0, 0.1) is 0 Å². The van der Waals surface area contributed by atoms with E-state index in [1.165, 1.54) is 25.7 Å². The van der Waals surface area contributed by atoms with Crippen LogP contribution in [0.1, 0.15) is 57.4 Å². The smallest absolute Gasteiger partial charge is 0.137 e. The summed E-state index contributed by atoms with van der Waals surface area (Å²) >= 11 is 0. The Labute approximate surface area is 129 Å². The van der Waals surface area contributed by atoms with Crippen molar-refractivity contribution in [3.8, 4) is 0 Å². The first-order valence-electron chi connectivity index (χ1n) is 8.38. The van der Waals surface area contributed by atoms with Gasteiger partial charge in [-0.3, -0.25) is 0 Å². The van der Waals surface area contributed by atoms with Crippen LogP contribution < -0.4 is 16.4 Å². The summed E-state index contributed by atoms with van der Waals surface area (Å²) in [6.45, 7) is 8.14. The van der Waals surface area contributed by atoms with Crippen molar-refractivity contribution < 1.29 is 4.52 Å². The first-order chi connectivity index (χ1) is 10.3. The molecule has 122 valence electrons. The minimum Gasteiger partial charge on any atom is -0.361 e. The molecule has 1 unspecified atom stereocenters. The molecule has 21 heavy (non-hydrogen) atoms. The van der Waals surface area contributed by atoms with Crippen molar-refractivity contribution in [2.75, 3.05) is 19.6 Å². The number of aromatic nitrogens is 1. The monoisotopic (exact) mass is 296 g/mol. The quantitative estimate of drug-likeness (QED) is 0.487. The molecule has 0 saturated carbocycles. The van der Waals surface area contributed by atoms with Crippen molar-refractivity contribution in [1.29, 1.82) is 0 Å². The molecule has 1 heterocycles. The fraction of sp³-hybridized carbons (Fsp3) is 0.812. The lowest BCUT2D eigenvalue weighted by atomic mass is 10.1. The Bertz CT molecular complexity index is 354. The van der Waals surface area contributed by atoms with E-state index >= 15 is 0 Å². The van der Waals surface area contributed by atoms with Crippen LogP contribution in [-0.2, 0) is 13.0 Å². The lowest BCUT2D eigenvalue weighted by Gasteiger charge is -2.15. The summed E-state index contributed by atoms with van der Waals surface area (Å²) in [5.74, 6) is 0.935. The Morgan fingerprint density at radius 3 is 2.71 bits per heavy atom. The predicted octanol–water partition coefficient (Wildman–Crippen LogP) is 2.21. The average molecular weight is 296 g/mol. The topological polar surface area (TPSA) is 76.1 Å². The van der Waals surface area contributed by atoms with Gasteiger partial charge in [0.2, 0.25) is 0 Å². The van der Waals surface area contributed by atoms with Gasteiger partial charge in [-0.25, -0.2) is 0 Å². The molecule has 4 N–H and O–H groups in total. The zero-order chi connectivity index (χ0) is 15.3. The van der Waals surface area contributed by atoms with Crippen LogP contribution in [-0.4, -0.2) is 30.8 Å². The molecule has 1 aromatic rings. The summed E-state index contributed by atoms with van der Waals surface area (Å²) in [5.41, 5.74) is 6.33. The fourth-order valence-electron chi connectivity index (χ4n) is 2.40. The van der Waals surface area contributed by atoms with E-state index < -0.39 is 0 Å². The Kier molecular flexibility index (Phi) is 10.1. The highest BCUT2D eigenvalue weighted by Crippen LogP contribution is 2.05. The highest BCUT2D eigenvalue weighted by molar-refractivity contribution is 5.04. The molecule has 0 spiro atoms. The standard InChI is InChI=1S/C16H32N4O/c1-3-7-14(4-2)19-11-6-10-18-9-5-8-16-12-15(13-17)20-21-16/h12,14,18-19H,3-11,13,17H2,1-2H3. The Morgan fingerprint density at radius 2 is 2.05 bits per heavy atom. The molecule has 0 fully saturated rings. The third-order valence-electron chi connectivity index (χ3n) is 3.69. The van der Waals surface area contributed by atoms with E-state index in [0.717, 1.165) is 43.9 Å². The third-order valence-corrected chi connectivity index (χ3v) is 3.69. The lowest BCUT2D eigenvalue weighted by molar-refractivity contribution is 0.373. The molecule has 1 rings (SSSR count). The second-order valence-electron chi connectivity index (χ2n) is 5.54. The van der Waals surface area contributed by atoms with Gasteiger partial charge in [-0.15, -0.1) is 0 Å². The van der Waals surface area contributed by atoms with E-state index in [1.54, 1.807) is 0 Å². The molecule has 0 amide bonds. The van der Waals surface area contributed by atoms with Crippen molar-refractivity contribution in [1.82, 2.24) is 15.8 Å². The maximum Gasteiger partial charge on any atom is 0.137 e. The number of nitrogens with two attached hydrogens (primary N) is 1. The first kappa shape index (κ1) is 18.1. The van der Waals surface area contributed by atoms with Gasteiger partial charge in [0, 0.05) is 25.1 Å². The summed E-state index contributed by atoms with van der Waals surface area (Å²) in [6.07, 6.45) is 6.94. The lowest BCUT2D eigenvalue weighted by Crippen LogP contribution is -2.31. The Balaban J connectivity index is 1.92. The van der Waals surface area contributed by atoms with Gasteiger partial charge in [0.15, 0.2) is 0 Å². The predicted molar refractivity (Wildman–Crippen MR) is 87.2 cm³/mol. The normalized spacial score (nSPS) is 12.7. The molecular formula is C16H32N4O. The number of rotatable bonds is 13. The van der Waals surface area contributed by atoms with Crippen molar-refractivity contribution in [2.45, 2.75) is 65.0 Å². The minimum absolute atomic E-state index is 0.450. The average Bonchev–Trinajstić information content (AvgIpc) is 2.96. The van der Waals surface area contributed by atoms with Crippen molar-refractivity contribution in [3.05, 3.63) is 17.5 Å². The van der Waals surface area contributed by atoms with Crippen LogP contribution in [0.25, 0.3) is 0 Å². The van der Waals surface area contributed by atoms with Gasteiger partial charge in [-0.05, 0) is 45.3 Å². The highest BCUT2D eigenvalue weighted by atomic mass is 16.5. The third kappa shape index (κ3) is 8.19. The van der Waals surface area contributed by atoms with Gasteiger partial charge < -0.3 is 20.9 Å². The SMILES string of the molecule is CCCC(CC)NCCCNCCCc1cc(CN)no1. The van der Waals surface area contributed by atoms with E-state index in [2.05, 4.69) is 29.6 Å². The highest BCUT2D eigenvalue weighted by Gasteiger charge is 2.03. The maximum atomic E-state index is 5.50. The maximum absolute atomic E-state index is 5.50. The first-order valence-corrected chi connectivity index (χ1v) is 8.38. The number of nitrogens with one attached hydrogen (secondary N) is 2. The molecule has 0 saturated heterocycles. The van der Waals surface area contributed by atoms with E-state index in [4.69, 9.17) is 10.3 Å². The molecule has 5 heteroatoms. The largest absolute Gasteiger partial charge is 0.361 e. The molecule has 0 aliphatic rings. The van der Waals surface area contributed by atoms with Gasteiger partial charge in [-0.2, -0.15) is 0 Å². The summed E-state index contributed by atoms with van der Waals surface area (Å²) in [4.78, 5) is 0. The number of aryl methyl sites for hydroxylation is 1. The molecule has 0 radical (unpaired) electrons. The minimum atomic E-state index is 0.450. The van der Waals surface area contributed by atoms with Gasteiger partial charge in [0.25, 0.3) is 0 Å². The Hall–Kier alpha value is -0.910. The van der Waals surface area contributed by atoms with E-state index in [1.807, 2.05) is 6.07 Å². The second kappa shape index (κ2) is 11.7. The molecule has 0 aromatic carbocycles. The van der Waals surface area contributed by atoms with Crippen LogP contribution in [0.2, 0.25) is 0 Å². The van der Waals surface area contributed by atoms with Crippen molar-refractivity contribution in [3.63, 3.8) is 0 Å². The van der Waals surface area contributed by atoms with Crippen molar-refractivity contribution in [2.24, 2.45) is 5.73 Å². The summed E-state index contributed by atoms with van der Waals surface area (Å²) in [6, 6.07) is 2.64.